The summed E-state index contributed by atoms with van der Waals surface area (Å²) in [5, 5.41) is 31.4. The van der Waals surface area contributed by atoms with E-state index >= 15 is 0 Å². The van der Waals surface area contributed by atoms with Gasteiger partial charge in [0.2, 0.25) is 35.6 Å². The van der Waals surface area contributed by atoms with E-state index in [4.69, 9.17) is 50.4 Å². The molecule has 32 nitrogen and oxygen atoms in total. The van der Waals surface area contributed by atoms with Crippen molar-refractivity contribution >= 4 is 145 Å². The number of aromatic hydroxyl groups is 1. The number of thiazole rings is 1. The van der Waals surface area contributed by atoms with Gasteiger partial charge < -0.3 is 50.3 Å². The second kappa shape index (κ2) is 35.3. The number of azo groups is 1. The summed E-state index contributed by atoms with van der Waals surface area (Å²) in [5.74, 6) is -1.80. The van der Waals surface area contributed by atoms with E-state index < -0.39 is 71.6 Å². The minimum absolute atomic E-state index is 0.0156. The van der Waals surface area contributed by atoms with Crippen LogP contribution in [-0.2, 0) is 64.6 Å². The quantitative estimate of drug-likeness (QED) is 0.0322. The van der Waals surface area contributed by atoms with Crippen LogP contribution in [0.25, 0.3) is 0 Å². The summed E-state index contributed by atoms with van der Waals surface area (Å²) in [5.41, 5.74) is 41.5. The standard InChI is InChI=1S/C18H14N4O5S.C12H12N2O2S.C11H11N3O2S.C9H9N3O2S2.C8H10N2O3S.C6H8N2O2S/c23-16-9-6-13(11-15(16)18(24)25)21-20-12-4-7-14(8-5-12)28(26,27)22-17-3-1-2-10-19-17;13-9-1-5-11(6-2-9)17(15,16)12-7-3-10(14)4-8-12;12-9-4-6-10(7-5-9)17(15,16)14-11-3-1-2-8-13-11;10-6-1-3-7(4-2-6)16(13,14)8-5-12-9(11)15-8;1-6(11)10-14(12,13)8-4-2-7(9)3-5-8;7-5-1-3-6(4-2-5)11(8,9)10/h1-11,23H,(H,19,22)(H,24,25);1-8H,13-14H2;1-8H,12H2,(H,13,14);1-5H,10H2,(H2,11,12);2-5H,9H2,1H3,(H,10,11);1-4H,7H2,(H2,8,9,10). The summed E-state index contributed by atoms with van der Waals surface area (Å²) < 4.78 is 148. The molecule has 0 unspecified atom stereocenters. The minimum Gasteiger partial charge on any atom is -0.507 e. The molecule has 0 aliphatic rings. The van der Waals surface area contributed by atoms with Crippen LogP contribution in [0.2, 0.25) is 0 Å². The molecule has 0 saturated heterocycles. The number of nitrogens with two attached hydrogens (primary N) is 8. The number of hydrogen-bond donors (Lipinski definition) is 13. The number of phenols is 1. The molecule has 0 atom stereocenters. The molecule has 103 heavy (non-hydrogen) atoms. The Morgan fingerprint density at radius 3 is 1.07 bits per heavy atom. The van der Waals surface area contributed by atoms with Gasteiger partial charge in [-0.25, -0.2) is 80.1 Å². The highest BCUT2D eigenvalue weighted by molar-refractivity contribution is 7.94. The third-order valence-electron chi connectivity index (χ3n) is 12.7. The van der Waals surface area contributed by atoms with Gasteiger partial charge in [-0.15, -0.1) is 0 Å². The molecule has 3 heterocycles. The number of aromatic nitrogens is 3. The molecule has 0 aliphatic heterocycles. The lowest BCUT2D eigenvalue weighted by molar-refractivity contribution is -0.117. The highest BCUT2D eigenvalue weighted by Crippen LogP contribution is 2.29. The summed E-state index contributed by atoms with van der Waals surface area (Å²) in [7, 11) is -21.7. The van der Waals surface area contributed by atoms with E-state index in [9.17, 15) is 65.2 Å². The Hall–Kier alpha value is -12.1. The van der Waals surface area contributed by atoms with Gasteiger partial charge in [0.25, 0.3) is 30.1 Å². The van der Waals surface area contributed by atoms with Crippen LogP contribution >= 0.6 is 11.3 Å². The molecule has 538 valence electrons. The van der Waals surface area contributed by atoms with Crippen molar-refractivity contribution in [3.05, 3.63) is 249 Å². The SMILES string of the molecule is CC(=O)NS(=O)(=O)c1ccc(N)cc1.Nc1ccc(S(=O)(=O)Nc2ccccn2)cc1.Nc1ccc(S(=O)(=O)c2ccc(N)cc2)cc1.Nc1ccc(S(=O)(=O)c2cnc(N)s2)cc1.Nc1ccc(S(N)(=O)=O)cc1.O=C(O)c1cc(N=Nc2ccc(S(=O)(=O)Nc3ccccn3)cc2)ccc1O. The zero-order valence-electron chi connectivity index (χ0n) is 53.4. The number of primary sulfonamides is 1. The number of pyridine rings is 2. The number of hydrogen-bond acceptors (Lipinski definition) is 28. The Kier molecular flexibility index (Phi) is 27.4. The highest BCUT2D eigenvalue weighted by atomic mass is 32.2. The van der Waals surface area contributed by atoms with Crippen LogP contribution in [0, 0.1) is 0 Å². The zero-order valence-corrected chi connectivity index (χ0v) is 59.1. The van der Waals surface area contributed by atoms with Gasteiger partial charge in [-0.3, -0.25) is 14.2 Å². The van der Waals surface area contributed by atoms with Gasteiger partial charge >= 0.3 is 5.97 Å². The average molecular weight is 1540 g/mol. The number of benzene rings is 8. The molecule has 21 N–H and O–H groups in total. The Morgan fingerprint density at radius 1 is 0.408 bits per heavy atom. The normalized spacial score (nSPS) is 11.3. The molecule has 39 heteroatoms. The highest BCUT2D eigenvalue weighted by Gasteiger charge is 2.22. The number of carbonyl (C=O) groups is 2. The number of aromatic carboxylic acids is 1. The van der Waals surface area contributed by atoms with Crippen molar-refractivity contribution in [2.45, 2.75) is 45.4 Å². The van der Waals surface area contributed by atoms with E-state index in [1.807, 2.05) is 4.72 Å². The number of sulfone groups is 2. The van der Waals surface area contributed by atoms with Gasteiger partial charge in [0, 0.05) is 53.4 Å². The van der Waals surface area contributed by atoms with Gasteiger partial charge in [0.05, 0.1) is 51.8 Å². The van der Waals surface area contributed by atoms with Crippen molar-refractivity contribution in [1.29, 1.82) is 0 Å². The molecule has 3 aromatic heterocycles. The predicted molar refractivity (Wildman–Crippen MR) is 391 cm³/mol. The molecule has 0 aliphatic carbocycles. The summed E-state index contributed by atoms with van der Waals surface area (Å²) >= 11 is 0.941. The predicted octanol–water partition coefficient (Wildman–Crippen LogP) is 8.00. The number of nitrogens with zero attached hydrogens (tertiary/aromatic N) is 5. The molecule has 0 radical (unpaired) electrons. The Bertz CT molecular complexity index is 5400. The van der Waals surface area contributed by atoms with Crippen molar-refractivity contribution in [3.8, 4) is 5.75 Å². The number of carboxylic acids is 1. The third-order valence-corrected chi connectivity index (χ3v) is 22.6. The summed E-state index contributed by atoms with van der Waals surface area (Å²) in [6.07, 6.45) is 4.24. The number of amides is 1. The van der Waals surface area contributed by atoms with Crippen molar-refractivity contribution < 1.29 is 70.3 Å². The lowest BCUT2D eigenvalue weighted by Crippen LogP contribution is -2.28. The molecule has 11 rings (SSSR count). The second-order valence-corrected chi connectivity index (χ2v) is 32.3. The van der Waals surface area contributed by atoms with Gasteiger partial charge in [-0.1, -0.05) is 23.5 Å². The molecular formula is C64H64N16O16S7. The molecule has 0 bridgehead atoms. The Labute approximate surface area is 595 Å². The van der Waals surface area contributed by atoms with Gasteiger partial charge in [-0.05, 0) is 212 Å². The molecule has 0 saturated carbocycles. The van der Waals surface area contributed by atoms with Crippen LogP contribution in [-0.4, -0.2) is 87.5 Å². The smallest absolute Gasteiger partial charge is 0.339 e. The first-order valence-corrected chi connectivity index (χ1v) is 38.5. The molecular weight excluding hydrogens is 1470 g/mol. The fraction of sp³-hybridized carbons (Fsp3) is 0.0156. The summed E-state index contributed by atoms with van der Waals surface area (Å²) in [6.45, 7) is 1.13. The summed E-state index contributed by atoms with van der Waals surface area (Å²) in [4.78, 5) is 34.0. The fourth-order valence-corrected chi connectivity index (χ4v) is 14.7. The van der Waals surface area contributed by atoms with Gasteiger partial charge in [0.15, 0.2) is 5.13 Å². The number of nitrogens with one attached hydrogen (secondary N) is 3. The van der Waals surface area contributed by atoms with Crippen LogP contribution in [0.3, 0.4) is 0 Å². The van der Waals surface area contributed by atoms with Crippen molar-refractivity contribution in [2.75, 3.05) is 49.6 Å². The maximum absolute atomic E-state index is 12.3. The van der Waals surface area contributed by atoms with E-state index in [1.54, 1.807) is 54.6 Å². The van der Waals surface area contributed by atoms with E-state index in [-0.39, 0.29) is 72.2 Å². The first kappa shape index (κ1) is 79.9. The minimum atomic E-state index is -3.79. The average Bonchev–Trinajstić information content (AvgIpc) is 1.79. The van der Waals surface area contributed by atoms with Crippen LogP contribution in [0.15, 0.2) is 292 Å². The molecule has 1 amide bonds. The van der Waals surface area contributed by atoms with Crippen molar-refractivity contribution in [2.24, 2.45) is 15.4 Å². The van der Waals surface area contributed by atoms with Crippen molar-refractivity contribution in [1.82, 2.24) is 19.7 Å². The monoisotopic (exact) mass is 1540 g/mol. The zero-order chi connectivity index (χ0) is 75.9. The van der Waals surface area contributed by atoms with Gasteiger partial charge in [0.1, 0.15) is 27.2 Å². The first-order chi connectivity index (χ1) is 48.3. The lowest BCUT2D eigenvalue weighted by Gasteiger charge is -2.07. The van der Waals surface area contributed by atoms with Gasteiger partial charge in [-0.2, -0.15) is 10.2 Å². The molecule has 8 aromatic carbocycles. The number of rotatable bonds is 16. The van der Waals surface area contributed by atoms with Crippen LogP contribution < -0.4 is 59.4 Å². The number of anilines is 9. The van der Waals surface area contributed by atoms with Crippen molar-refractivity contribution in [3.63, 3.8) is 0 Å². The Balaban J connectivity index is 0.000000199. The lowest BCUT2D eigenvalue weighted by atomic mass is 10.2. The van der Waals surface area contributed by atoms with Crippen LogP contribution in [0.1, 0.15) is 17.3 Å². The fourth-order valence-electron chi connectivity index (χ4n) is 7.59. The number of sulfonamides is 4. The maximum Gasteiger partial charge on any atom is 0.339 e. The van der Waals surface area contributed by atoms with Crippen LogP contribution in [0.5, 0.6) is 5.75 Å². The molecule has 0 spiro atoms. The van der Waals surface area contributed by atoms with Crippen LogP contribution in [0.4, 0.5) is 62.3 Å². The van der Waals surface area contributed by atoms with E-state index in [2.05, 4.69) is 34.6 Å². The maximum atomic E-state index is 12.3. The number of carbonyl (C=O) groups excluding carboxylic acids is 1. The molecule has 11 aromatic rings. The first-order valence-electron chi connectivity index (χ1n) is 28.7. The van der Waals surface area contributed by atoms with E-state index in [0.717, 1.165) is 18.3 Å². The largest absolute Gasteiger partial charge is 0.507 e. The third kappa shape index (κ3) is 24.6. The second-order valence-electron chi connectivity index (χ2n) is 20.5. The summed E-state index contributed by atoms with van der Waals surface area (Å²) in [6, 6.07) is 54.7. The molecule has 0 fully saturated rings. The topological polar surface area (TPSA) is 587 Å². The number of carboxylic acid groups (broad SMARTS) is 1. The van der Waals surface area contributed by atoms with E-state index in [1.165, 1.54) is 188 Å². The number of nitrogen functional groups attached to an aromatic ring is 7. The van der Waals surface area contributed by atoms with E-state index in [0.29, 0.717) is 39.8 Å². The Morgan fingerprint density at radius 2 is 0.738 bits per heavy atom.